The summed E-state index contributed by atoms with van der Waals surface area (Å²) >= 11 is 1.54. The van der Waals surface area contributed by atoms with Gasteiger partial charge in [0.05, 0.1) is 19.1 Å². The standard InChI is InChI=1S/C17H14N2O5S/c1-22-17(21)11-2-4-13(5-3-11)23-15(20)7-6-14-18-16(19-24-14)12-8-9-25-10-12/h2-5,8-10H,6-7H2,1H3. The highest BCUT2D eigenvalue weighted by Crippen LogP contribution is 2.19. The summed E-state index contributed by atoms with van der Waals surface area (Å²) < 4.78 is 14.9. The fourth-order valence-electron chi connectivity index (χ4n) is 2.03. The summed E-state index contributed by atoms with van der Waals surface area (Å²) in [6.07, 6.45) is 0.389. The van der Waals surface area contributed by atoms with Crippen LogP contribution in [0.3, 0.4) is 0 Å². The molecular formula is C17H14N2O5S. The molecule has 7 nitrogen and oxygen atoms in total. The Morgan fingerprint density at radius 1 is 1.20 bits per heavy atom. The zero-order valence-electron chi connectivity index (χ0n) is 13.3. The number of esters is 2. The van der Waals surface area contributed by atoms with Gasteiger partial charge in [0.15, 0.2) is 0 Å². The van der Waals surface area contributed by atoms with Crippen LogP contribution in [0, 0.1) is 0 Å². The van der Waals surface area contributed by atoms with Crippen molar-refractivity contribution in [2.45, 2.75) is 12.8 Å². The van der Waals surface area contributed by atoms with E-state index in [1.165, 1.54) is 31.4 Å². The van der Waals surface area contributed by atoms with Crippen LogP contribution in [-0.4, -0.2) is 29.2 Å². The Morgan fingerprint density at radius 3 is 2.68 bits per heavy atom. The van der Waals surface area contributed by atoms with Crippen molar-refractivity contribution >= 4 is 23.3 Å². The highest BCUT2D eigenvalue weighted by Gasteiger charge is 2.12. The largest absolute Gasteiger partial charge is 0.465 e. The third kappa shape index (κ3) is 4.30. The average Bonchev–Trinajstić information content (AvgIpc) is 3.31. The van der Waals surface area contributed by atoms with E-state index in [-0.39, 0.29) is 12.8 Å². The number of methoxy groups -OCH3 is 1. The molecule has 0 aliphatic carbocycles. The minimum atomic E-state index is -0.448. The molecule has 0 bridgehead atoms. The minimum absolute atomic E-state index is 0.101. The Balaban J connectivity index is 1.52. The molecule has 128 valence electrons. The van der Waals surface area contributed by atoms with E-state index in [0.717, 1.165) is 5.56 Å². The van der Waals surface area contributed by atoms with Crippen molar-refractivity contribution < 1.29 is 23.6 Å². The molecule has 0 saturated heterocycles. The quantitative estimate of drug-likeness (QED) is 0.494. The maximum Gasteiger partial charge on any atom is 0.337 e. The molecular weight excluding hydrogens is 344 g/mol. The third-order valence-corrected chi connectivity index (χ3v) is 3.98. The molecule has 0 spiro atoms. The van der Waals surface area contributed by atoms with Crippen LogP contribution in [0.1, 0.15) is 22.7 Å². The monoisotopic (exact) mass is 358 g/mol. The van der Waals surface area contributed by atoms with Gasteiger partial charge >= 0.3 is 11.9 Å². The highest BCUT2D eigenvalue weighted by molar-refractivity contribution is 7.08. The van der Waals surface area contributed by atoms with E-state index in [4.69, 9.17) is 9.26 Å². The fourth-order valence-corrected chi connectivity index (χ4v) is 2.67. The molecule has 2 heterocycles. The first-order chi connectivity index (χ1) is 12.2. The summed E-state index contributed by atoms with van der Waals surface area (Å²) in [5, 5.41) is 7.72. The average molecular weight is 358 g/mol. The Bertz CT molecular complexity index is 856. The van der Waals surface area contributed by atoms with Crippen molar-refractivity contribution in [1.82, 2.24) is 10.1 Å². The number of ether oxygens (including phenoxy) is 2. The lowest BCUT2D eigenvalue weighted by Crippen LogP contribution is -2.09. The van der Waals surface area contributed by atoms with Gasteiger partial charge in [0.25, 0.3) is 0 Å². The number of nitrogens with zero attached hydrogens (tertiary/aromatic N) is 2. The van der Waals surface area contributed by atoms with Gasteiger partial charge in [-0.15, -0.1) is 0 Å². The van der Waals surface area contributed by atoms with E-state index in [0.29, 0.717) is 23.0 Å². The molecule has 1 aromatic carbocycles. The summed E-state index contributed by atoms with van der Waals surface area (Å²) in [6.45, 7) is 0. The van der Waals surface area contributed by atoms with Crippen molar-refractivity contribution in [2.24, 2.45) is 0 Å². The number of carbonyl (C=O) groups excluding carboxylic acids is 2. The fraction of sp³-hybridized carbons (Fsp3) is 0.176. The third-order valence-electron chi connectivity index (χ3n) is 3.30. The number of hydrogen-bond acceptors (Lipinski definition) is 8. The second kappa shape index (κ2) is 7.71. The van der Waals surface area contributed by atoms with Gasteiger partial charge in [-0.25, -0.2) is 4.79 Å². The van der Waals surface area contributed by atoms with Crippen LogP contribution < -0.4 is 4.74 Å². The summed E-state index contributed by atoms with van der Waals surface area (Å²) in [7, 11) is 1.30. The molecule has 3 aromatic rings. The number of benzene rings is 1. The van der Waals surface area contributed by atoms with Crippen molar-refractivity contribution in [1.29, 1.82) is 0 Å². The highest BCUT2D eigenvalue weighted by atomic mass is 32.1. The van der Waals surface area contributed by atoms with Gasteiger partial charge in [0.1, 0.15) is 5.75 Å². The normalized spacial score (nSPS) is 10.4. The number of thiophene rings is 1. The Hall–Kier alpha value is -3.00. The lowest BCUT2D eigenvalue weighted by atomic mass is 10.2. The number of aryl methyl sites for hydroxylation is 1. The molecule has 0 radical (unpaired) electrons. The van der Waals surface area contributed by atoms with Crippen molar-refractivity contribution in [3.8, 4) is 17.1 Å². The first-order valence-electron chi connectivity index (χ1n) is 7.40. The molecule has 0 amide bonds. The lowest BCUT2D eigenvalue weighted by molar-refractivity contribution is -0.134. The van der Waals surface area contributed by atoms with Crippen LogP contribution in [0.2, 0.25) is 0 Å². The van der Waals surface area contributed by atoms with Crippen LogP contribution in [0.15, 0.2) is 45.6 Å². The molecule has 0 saturated carbocycles. The molecule has 0 atom stereocenters. The van der Waals surface area contributed by atoms with Crippen molar-refractivity contribution in [3.05, 3.63) is 52.5 Å². The van der Waals surface area contributed by atoms with Gasteiger partial charge in [-0.05, 0) is 35.7 Å². The Labute approximate surface area is 147 Å². The van der Waals surface area contributed by atoms with Gasteiger partial charge in [0, 0.05) is 17.4 Å². The zero-order chi connectivity index (χ0) is 17.6. The molecule has 3 rings (SSSR count). The van der Waals surface area contributed by atoms with Gasteiger partial charge < -0.3 is 14.0 Å². The van der Waals surface area contributed by atoms with Gasteiger partial charge in [-0.1, -0.05) is 5.16 Å². The van der Waals surface area contributed by atoms with E-state index in [2.05, 4.69) is 14.9 Å². The van der Waals surface area contributed by atoms with Crippen LogP contribution >= 0.6 is 11.3 Å². The van der Waals surface area contributed by atoms with E-state index in [1.54, 1.807) is 11.3 Å². The second-order valence-electron chi connectivity index (χ2n) is 5.01. The lowest BCUT2D eigenvalue weighted by Gasteiger charge is -2.04. The molecule has 0 unspecified atom stereocenters. The molecule has 2 aromatic heterocycles. The summed E-state index contributed by atoms with van der Waals surface area (Å²) in [6, 6.07) is 8.02. The number of aromatic nitrogens is 2. The summed E-state index contributed by atoms with van der Waals surface area (Å²) in [5.41, 5.74) is 1.27. The van der Waals surface area contributed by atoms with E-state index in [9.17, 15) is 9.59 Å². The minimum Gasteiger partial charge on any atom is -0.465 e. The molecule has 0 aliphatic rings. The van der Waals surface area contributed by atoms with Gasteiger partial charge in [0.2, 0.25) is 11.7 Å². The predicted molar refractivity (Wildman–Crippen MR) is 89.3 cm³/mol. The molecule has 8 heteroatoms. The maximum atomic E-state index is 11.9. The Kier molecular flexibility index (Phi) is 5.20. The van der Waals surface area contributed by atoms with Crippen molar-refractivity contribution in [3.63, 3.8) is 0 Å². The van der Waals surface area contributed by atoms with Crippen molar-refractivity contribution in [2.75, 3.05) is 7.11 Å². The molecule has 25 heavy (non-hydrogen) atoms. The summed E-state index contributed by atoms with van der Waals surface area (Å²) in [5.74, 6) is 0.348. The first-order valence-corrected chi connectivity index (χ1v) is 8.34. The van der Waals surface area contributed by atoms with Gasteiger partial charge in [-0.2, -0.15) is 16.3 Å². The van der Waals surface area contributed by atoms with Crippen LogP contribution in [0.5, 0.6) is 5.75 Å². The topological polar surface area (TPSA) is 91.5 Å². The number of rotatable bonds is 6. The predicted octanol–water partition coefficient (Wildman–Crippen LogP) is 3.12. The number of carbonyl (C=O) groups is 2. The Morgan fingerprint density at radius 2 is 2.00 bits per heavy atom. The zero-order valence-corrected chi connectivity index (χ0v) is 14.1. The van der Waals surface area contributed by atoms with Crippen LogP contribution in [0.25, 0.3) is 11.4 Å². The SMILES string of the molecule is COC(=O)c1ccc(OC(=O)CCc2nc(-c3ccsc3)no2)cc1. The summed E-state index contributed by atoms with van der Waals surface area (Å²) in [4.78, 5) is 27.5. The molecule has 0 aliphatic heterocycles. The van der Waals surface area contributed by atoms with Crippen LogP contribution in [0.4, 0.5) is 0 Å². The smallest absolute Gasteiger partial charge is 0.337 e. The molecule has 0 N–H and O–H groups in total. The first kappa shape index (κ1) is 16.8. The second-order valence-corrected chi connectivity index (χ2v) is 5.79. The van der Waals surface area contributed by atoms with E-state index >= 15 is 0 Å². The van der Waals surface area contributed by atoms with Crippen LogP contribution in [-0.2, 0) is 16.0 Å². The number of hydrogen-bond donors (Lipinski definition) is 0. The van der Waals surface area contributed by atoms with E-state index in [1.807, 2.05) is 16.8 Å². The van der Waals surface area contributed by atoms with E-state index < -0.39 is 11.9 Å². The van der Waals surface area contributed by atoms with Gasteiger partial charge in [-0.3, -0.25) is 4.79 Å². The maximum absolute atomic E-state index is 11.9. The molecule has 0 fully saturated rings.